The zero-order valence-corrected chi connectivity index (χ0v) is 8.83. The highest BCUT2D eigenvalue weighted by molar-refractivity contribution is 4.80. The fourth-order valence-electron chi connectivity index (χ4n) is 1.92. The molecule has 1 rings (SSSR count). The highest BCUT2D eigenvalue weighted by Crippen LogP contribution is 2.14. The zero-order chi connectivity index (χ0) is 9.68. The second kappa shape index (κ2) is 5.58. The maximum atomic E-state index is 5.88. The van der Waals surface area contributed by atoms with Crippen LogP contribution in [0.2, 0.25) is 0 Å². The number of hydrogen-bond acceptors (Lipinski definition) is 3. The van der Waals surface area contributed by atoms with Gasteiger partial charge in [0.05, 0.1) is 6.61 Å². The summed E-state index contributed by atoms with van der Waals surface area (Å²) in [5.41, 5.74) is 5.88. The van der Waals surface area contributed by atoms with E-state index in [0.29, 0.717) is 12.1 Å². The summed E-state index contributed by atoms with van der Waals surface area (Å²) < 4.78 is 5.34. The van der Waals surface area contributed by atoms with Gasteiger partial charge in [-0.2, -0.15) is 0 Å². The Morgan fingerprint density at radius 2 is 2.31 bits per heavy atom. The summed E-state index contributed by atoms with van der Waals surface area (Å²) in [7, 11) is 0. The van der Waals surface area contributed by atoms with Crippen LogP contribution < -0.4 is 5.73 Å². The predicted molar refractivity (Wildman–Crippen MR) is 54.7 cm³/mol. The fourth-order valence-corrected chi connectivity index (χ4v) is 1.92. The molecule has 1 heterocycles. The van der Waals surface area contributed by atoms with Crippen molar-refractivity contribution in [3.8, 4) is 0 Å². The molecule has 3 nitrogen and oxygen atoms in total. The molecule has 13 heavy (non-hydrogen) atoms. The molecule has 1 saturated heterocycles. The highest BCUT2D eigenvalue weighted by atomic mass is 16.5. The summed E-state index contributed by atoms with van der Waals surface area (Å²) in [6.45, 7) is 8.16. The van der Waals surface area contributed by atoms with Crippen LogP contribution in [0.3, 0.4) is 0 Å². The molecule has 2 unspecified atom stereocenters. The highest BCUT2D eigenvalue weighted by Gasteiger charge is 2.22. The van der Waals surface area contributed by atoms with Crippen molar-refractivity contribution in [2.75, 3.05) is 26.3 Å². The first-order chi connectivity index (χ1) is 6.24. The maximum Gasteiger partial charge on any atom is 0.0593 e. The molecule has 0 aliphatic carbocycles. The third-order valence-electron chi connectivity index (χ3n) is 2.78. The van der Waals surface area contributed by atoms with E-state index < -0.39 is 0 Å². The normalized spacial score (nSPS) is 30.7. The lowest BCUT2D eigenvalue weighted by Gasteiger charge is -2.36. The minimum absolute atomic E-state index is 0.415. The molecule has 1 aliphatic heterocycles. The molecular weight excluding hydrogens is 164 g/mol. The van der Waals surface area contributed by atoms with E-state index in [0.717, 1.165) is 39.1 Å². The topological polar surface area (TPSA) is 38.5 Å². The molecule has 0 saturated carbocycles. The van der Waals surface area contributed by atoms with Gasteiger partial charge in [0.2, 0.25) is 0 Å². The molecule has 2 N–H and O–H groups in total. The van der Waals surface area contributed by atoms with Gasteiger partial charge in [0.1, 0.15) is 0 Å². The van der Waals surface area contributed by atoms with E-state index in [9.17, 15) is 0 Å². The van der Waals surface area contributed by atoms with Crippen LogP contribution in [-0.2, 0) is 4.74 Å². The van der Waals surface area contributed by atoms with Gasteiger partial charge in [-0.25, -0.2) is 0 Å². The molecule has 0 spiro atoms. The molecule has 1 aliphatic rings. The summed E-state index contributed by atoms with van der Waals surface area (Å²) in [4.78, 5) is 2.47. The lowest BCUT2D eigenvalue weighted by Crippen LogP contribution is -2.46. The second-order valence-electron chi connectivity index (χ2n) is 3.87. The minimum Gasteiger partial charge on any atom is -0.380 e. The molecule has 0 aromatic heterocycles. The Morgan fingerprint density at radius 1 is 1.54 bits per heavy atom. The molecule has 3 heteroatoms. The Morgan fingerprint density at radius 3 is 2.92 bits per heavy atom. The smallest absolute Gasteiger partial charge is 0.0593 e. The SMILES string of the molecule is CCOCCN1CCC(N)CC1C. The van der Waals surface area contributed by atoms with E-state index in [1.807, 2.05) is 6.92 Å². The van der Waals surface area contributed by atoms with E-state index in [1.165, 1.54) is 0 Å². The van der Waals surface area contributed by atoms with Gasteiger partial charge in [-0.05, 0) is 33.2 Å². The summed E-state index contributed by atoms with van der Waals surface area (Å²) >= 11 is 0. The van der Waals surface area contributed by atoms with E-state index in [2.05, 4.69) is 11.8 Å². The van der Waals surface area contributed by atoms with Crippen LogP contribution in [0, 0.1) is 0 Å². The Hall–Kier alpha value is -0.120. The van der Waals surface area contributed by atoms with Crippen LogP contribution in [0.1, 0.15) is 26.7 Å². The summed E-state index contributed by atoms with van der Waals surface area (Å²) in [6.07, 6.45) is 2.27. The van der Waals surface area contributed by atoms with Crippen LogP contribution in [0.15, 0.2) is 0 Å². The van der Waals surface area contributed by atoms with Crippen molar-refractivity contribution in [3.63, 3.8) is 0 Å². The van der Waals surface area contributed by atoms with Gasteiger partial charge in [-0.15, -0.1) is 0 Å². The number of piperidine rings is 1. The Bertz CT molecular complexity index is 141. The van der Waals surface area contributed by atoms with Crippen LogP contribution in [0.5, 0.6) is 0 Å². The quantitative estimate of drug-likeness (QED) is 0.661. The third-order valence-corrected chi connectivity index (χ3v) is 2.78. The van der Waals surface area contributed by atoms with Gasteiger partial charge in [-0.1, -0.05) is 0 Å². The number of likely N-dealkylation sites (tertiary alicyclic amines) is 1. The van der Waals surface area contributed by atoms with E-state index in [4.69, 9.17) is 10.5 Å². The van der Waals surface area contributed by atoms with Gasteiger partial charge in [0.25, 0.3) is 0 Å². The van der Waals surface area contributed by atoms with Gasteiger partial charge in [0.15, 0.2) is 0 Å². The van der Waals surface area contributed by atoms with Gasteiger partial charge in [0, 0.05) is 25.2 Å². The lowest BCUT2D eigenvalue weighted by atomic mass is 9.99. The number of hydrogen-bond donors (Lipinski definition) is 1. The van der Waals surface area contributed by atoms with Crippen molar-refractivity contribution < 1.29 is 4.74 Å². The third kappa shape index (κ3) is 3.63. The molecular formula is C10H22N2O. The number of nitrogens with zero attached hydrogens (tertiary/aromatic N) is 1. The molecule has 0 amide bonds. The predicted octanol–water partition coefficient (Wildman–Crippen LogP) is 0.835. The first kappa shape index (κ1) is 11.0. The van der Waals surface area contributed by atoms with Gasteiger partial charge >= 0.3 is 0 Å². The number of rotatable bonds is 4. The molecule has 78 valence electrons. The minimum atomic E-state index is 0.415. The Balaban J connectivity index is 2.18. The molecule has 0 bridgehead atoms. The van der Waals surface area contributed by atoms with Crippen LogP contribution in [0.25, 0.3) is 0 Å². The zero-order valence-electron chi connectivity index (χ0n) is 8.83. The van der Waals surface area contributed by atoms with Crippen molar-refractivity contribution in [2.24, 2.45) is 5.73 Å². The van der Waals surface area contributed by atoms with Crippen molar-refractivity contribution in [1.29, 1.82) is 0 Å². The first-order valence-corrected chi connectivity index (χ1v) is 5.31. The maximum absolute atomic E-state index is 5.88. The summed E-state index contributed by atoms with van der Waals surface area (Å²) in [6, 6.07) is 1.04. The average molecular weight is 186 g/mol. The van der Waals surface area contributed by atoms with Gasteiger partial charge in [-0.3, -0.25) is 4.90 Å². The molecule has 1 fully saturated rings. The van der Waals surface area contributed by atoms with Crippen molar-refractivity contribution in [3.05, 3.63) is 0 Å². The lowest BCUT2D eigenvalue weighted by molar-refractivity contribution is 0.0783. The number of nitrogens with two attached hydrogens (primary N) is 1. The van der Waals surface area contributed by atoms with Crippen LogP contribution in [-0.4, -0.2) is 43.3 Å². The van der Waals surface area contributed by atoms with Crippen molar-refractivity contribution in [1.82, 2.24) is 4.90 Å². The molecule has 0 radical (unpaired) electrons. The molecule has 0 aromatic rings. The summed E-state index contributed by atoms with van der Waals surface area (Å²) in [5.74, 6) is 0. The molecule has 2 atom stereocenters. The standard InChI is InChI=1S/C10H22N2O/c1-3-13-7-6-12-5-4-10(11)8-9(12)2/h9-10H,3-8,11H2,1-2H3. The van der Waals surface area contributed by atoms with Gasteiger partial charge < -0.3 is 10.5 Å². The Labute approximate surface area is 81.2 Å². The van der Waals surface area contributed by atoms with E-state index in [1.54, 1.807) is 0 Å². The summed E-state index contributed by atoms with van der Waals surface area (Å²) in [5, 5.41) is 0. The first-order valence-electron chi connectivity index (χ1n) is 5.31. The van der Waals surface area contributed by atoms with E-state index >= 15 is 0 Å². The average Bonchev–Trinajstić information content (AvgIpc) is 2.09. The van der Waals surface area contributed by atoms with Crippen molar-refractivity contribution >= 4 is 0 Å². The molecule has 0 aromatic carbocycles. The number of ether oxygens (including phenoxy) is 1. The second-order valence-corrected chi connectivity index (χ2v) is 3.87. The van der Waals surface area contributed by atoms with Crippen LogP contribution in [0.4, 0.5) is 0 Å². The Kier molecular flexibility index (Phi) is 4.70. The monoisotopic (exact) mass is 186 g/mol. The largest absolute Gasteiger partial charge is 0.380 e. The van der Waals surface area contributed by atoms with Crippen molar-refractivity contribution in [2.45, 2.75) is 38.8 Å². The van der Waals surface area contributed by atoms with E-state index in [-0.39, 0.29) is 0 Å². The fraction of sp³-hybridized carbons (Fsp3) is 1.00. The van der Waals surface area contributed by atoms with Crippen LogP contribution >= 0.6 is 0 Å².